The van der Waals surface area contributed by atoms with Crippen LogP contribution < -0.4 is 10.9 Å². The molecule has 1 spiro atoms. The van der Waals surface area contributed by atoms with Crippen molar-refractivity contribution < 1.29 is 24.6 Å². The lowest BCUT2D eigenvalue weighted by Gasteiger charge is -2.44. The van der Waals surface area contributed by atoms with Gasteiger partial charge in [0, 0.05) is 49.4 Å². The van der Waals surface area contributed by atoms with Crippen LogP contribution in [0.4, 0.5) is 4.79 Å². The maximum atomic E-state index is 13.5. The number of aryl methyl sites for hydroxylation is 1. The van der Waals surface area contributed by atoms with Crippen molar-refractivity contribution in [3.63, 3.8) is 0 Å². The molecule has 4 heterocycles. The molecule has 210 valence electrons. The Morgan fingerprint density at radius 2 is 1.85 bits per heavy atom. The fourth-order valence-electron chi connectivity index (χ4n) is 5.94. The summed E-state index contributed by atoms with van der Waals surface area (Å²) in [6, 6.07) is 0.0136. The van der Waals surface area contributed by atoms with E-state index in [-0.39, 0.29) is 29.0 Å². The molecule has 12 heteroatoms. The Labute approximate surface area is 225 Å². The number of nitrogens with one attached hydrogen (secondary N) is 1. The first kappa shape index (κ1) is 26.8. The van der Waals surface area contributed by atoms with E-state index in [1.165, 1.54) is 20.1 Å². The van der Waals surface area contributed by atoms with Gasteiger partial charge in [0.05, 0.1) is 5.69 Å². The summed E-state index contributed by atoms with van der Waals surface area (Å²) in [5.41, 5.74) is 0.0380. The van der Waals surface area contributed by atoms with E-state index in [2.05, 4.69) is 10.4 Å². The van der Waals surface area contributed by atoms with Crippen LogP contribution in [-0.4, -0.2) is 83.3 Å². The van der Waals surface area contributed by atoms with Gasteiger partial charge in [0.1, 0.15) is 5.65 Å². The lowest BCUT2D eigenvalue weighted by Crippen LogP contribution is -2.54. The zero-order chi connectivity index (χ0) is 28.1. The number of likely N-dealkylation sites (tertiary alicyclic amines) is 2. The average molecular weight is 541 g/mol. The van der Waals surface area contributed by atoms with Gasteiger partial charge in [0.2, 0.25) is 11.8 Å². The number of carboxylic acid groups (broad SMARTS) is 1. The Hall–Kier alpha value is -3.83. The molecule has 2 aromatic heterocycles. The van der Waals surface area contributed by atoms with Crippen LogP contribution in [0.1, 0.15) is 74.0 Å². The molecule has 2 aromatic rings. The van der Waals surface area contributed by atoms with Gasteiger partial charge in [-0.25, -0.2) is 4.79 Å². The van der Waals surface area contributed by atoms with Crippen LogP contribution in [0.3, 0.4) is 0 Å². The van der Waals surface area contributed by atoms with Gasteiger partial charge in [0.15, 0.2) is 5.56 Å². The van der Waals surface area contributed by atoms with Crippen molar-refractivity contribution in [1.29, 1.82) is 0 Å². The third-order valence-electron chi connectivity index (χ3n) is 8.13. The smallest absolute Gasteiger partial charge is 0.407 e. The molecule has 12 nitrogen and oxygen atoms in total. The lowest BCUT2D eigenvalue weighted by molar-refractivity contribution is -0.131. The van der Waals surface area contributed by atoms with E-state index in [0.29, 0.717) is 55.9 Å². The molecule has 5 rings (SSSR count). The molecule has 1 aliphatic carbocycles. The molecule has 3 amide bonds. The minimum atomic E-state index is -0.937. The van der Waals surface area contributed by atoms with Crippen molar-refractivity contribution >= 4 is 29.6 Å². The average Bonchev–Trinajstić information content (AvgIpc) is 3.50. The summed E-state index contributed by atoms with van der Waals surface area (Å²) in [6.45, 7) is 7.31. The van der Waals surface area contributed by atoms with Gasteiger partial charge in [-0.15, -0.1) is 0 Å². The number of carbonyl (C=O) groups is 3. The molecule has 39 heavy (non-hydrogen) atoms. The van der Waals surface area contributed by atoms with Gasteiger partial charge < -0.3 is 25.3 Å². The quantitative estimate of drug-likeness (QED) is 0.476. The number of piperidine rings is 1. The molecule has 3 N–H and O–H groups in total. The van der Waals surface area contributed by atoms with E-state index in [1.54, 1.807) is 13.0 Å². The maximum absolute atomic E-state index is 13.5. The van der Waals surface area contributed by atoms with E-state index in [9.17, 15) is 29.4 Å². The maximum Gasteiger partial charge on any atom is 0.407 e. The van der Waals surface area contributed by atoms with E-state index < -0.39 is 23.4 Å². The summed E-state index contributed by atoms with van der Waals surface area (Å²) in [4.78, 5) is 54.4. The molecule has 0 bridgehead atoms. The minimum Gasteiger partial charge on any atom is -0.492 e. The topological polar surface area (TPSA) is 149 Å². The molecule has 2 saturated heterocycles. The van der Waals surface area contributed by atoms with E-state index >= 15 is 0 Å². The Balaban J connectivity index is 1.49. The summed E-state index contributed by atoms with van der Waals surface area (Å²) in [5.74, 6) is -1.26. The number of carbonyl (C=O) groups excluding carboxylic acids is 2. The highest BCUT2D eigenvalue weighted by Gasteiger charge is 2.45. The van der Waals surface area contributed by atoms with Crippen LogP contribution in [0.15, 0.2) is 10.9 Å². The molecular formula is C27H36N6O6. The number of fused-ring (bicyclic) bond motifs is 1. The van der Waals surface area contributed by atoms with E-state index in [1.807, 2.05) is 18.7 Å². The molecule has 0 atom stereocenters. The highest BCUT2D eigenvalue weighted by atomic mass is 16.4. The third kappa shape index (κ3) is 4.87. The van der Waals surface area contributed by atoms with Crippen LogP contribution in [0.25, 0.3) is 11.7 Å². The van der Waals surface area contributed by atoms with Crippen LogP contribution in [0, 0.1) is 12.8 Å². The number of hydrogen-bond acceptors (Lipinski definition) is 6. The second-order valence-electron chi connectivity index (χ2n) is 11.4. The summed E-state index contributed by atoms with van der Waals surface area (Å²) in [7, 11) is 0. The van der Waals surface area contributed by atoms with Crippen LogP contribution in [0.5, 0.6) is 5.88 Å². The number of amides is 3. The largest absolute Gasteiger partial charge is 0.492 e. The van der Waals surface area contributed by atoms with Gasteiger partial charge in [-0.05, 0) is 57.4 Å². The second-order valence-corrected chi connectivity index (χ2v) is 11.4. The first-order chi connectivity index (χ1) is 18.5. The van der Waals surface area contributed by atoms with Crippen molar-refractivity contribution in [2.75, 3.05) is 19.6 Å². The molecule has 2 aliphatic heterocycles. The second kappa shape index (κ2) is 10.0. The Morgan fingerprint density at radius 3 is 2.46 bits per heavy atom. The predicted octanol–water partition coefficient (Wildman–Crippen LogP) is 2.21. The fourth-order valence-corrected chi connectivity index (χ4v) is 5.94. The number of hydrogen-bond donors (Lipinski definition) is 3. The first-order valence-electron chi connectivity index (χ1n) is 13.7. The highest BCUT2D eigenvalue weighted by molar-refractivity contribution is 5.97. The molecule has 3 fully saturated rings. The molecule has 0 unspecified atom stereocenters. The van der Waals surface area contributed by atoms with Crippen molar-refractivity contribution in [3.05, 3.63) is 33.3 Å². The fraction of sp³-hybridized carbons (Fsp3) is 0.593. The SMILES string of the molecule is Cc1nn2c(O)c(C(=O)NC3CC3)c(=O)n(CC(C)C)c2c1/C=C/C(=O)N1CCCC12CCN(C(=O)O)CC2. The summed E-state index contributed by atoms with van der Waals surface area (Å²) in [6.07, 6.45) is 6.73. The standard InChI is InChI=1S/C27H36N6O6/c1-16(2)15-31-23-19(17(3)29-33(23)25(37)21(24(31)36)22(35)28-18-5-6-18)7-8-20(34)32-12-4-9-27(32)10-13-30(14-11-27)26(38)39/h7-8,16,18,37H,4-6,9-15H2,1-3H3,(H,28,35)(H,38,39)/b8-7+. The van der Waals surface area contributed by atoms with Crippen LogP contribution in [-0.2, 0) is 11.3 Å². The Bertz CT molecular complexity index is 1410. The minimum absolute atomic E-state index is 0.0136. The van der Waals surface area contributed by atoms with Crippen LogP contribution in [0.2, 0.25) is 0 Å². The normalized spacial score (nSPS) is 19.1. The van der Waals surface area contributed by atoms with Crippen molar-refractivity contribution in [3.8, 4) is 5.88 Å². The van der Waals surface area contributed by atoms with Gasteiger partial charge >= 0.3 is 6.09 Å². The molecular weight excluding hydrogens is 504 g/mol. The van der Waals surface area contributed by atoms with Gasteiger partial charge in [-0.2, -0.15) is 9.61 Å². The number of rotatable bonds is 6. The molecule has 0 radical (unpaired) electrons. The van der Waals surface area contributed by atoms with Gasteiger partial charge in [-0.1, -0.05) is 13.8 Å². The molecule has 0 aromatic carbocycles. The number of aromatic hydroxyl groups is 1. The molecule has 1 saturated carbocycles. The zero-order valence-corrected chi connectivity index (χ0v) is 22.6. The highest BCUT2D eigenvalue weighted by Crippen LogP contribution is 2.39. The van der Waals surface area contributed by atoms with Crippen molar-refractivity contribution in [1.82, 2.24) is 29.3 Å². The number of nitrogens with zero attached hydrogens (tertiary/aromatic N) is 5. The Kier molecular flexibility index (Phi) is 6.90. The summed E-state index contributed by atoms with van der Waals surface area (Å²) >= 11 is 0. The third-order valence-corrected chi connectivity index (χ3v) is 8.13. The number of aromatic nitrogens is 3. The monoisotopic (exact) mass is 540 g/mol. The Morgan fingerprint density at radius 1 is 1.15 bits per heavy atom. The van der Waals surface area contributed by atoms with Crippen molar-refractivity contribution in [2.45, 2.75) is 77.4 Å². The van der Waals surface area contributed by atoms with Crippen molar-refractivity contribution in [2.24, 2.45) is 5.92 Å². The van der Waals surface area contributed by atoms with E-state index in [4.69, 9.17) is 0 Å². The first-order valence-corrected chi connectivity index (χ1v) is 13.7. The lowest BCUT2D eigenvalue weighted by atomic mass is 9.85. The predicted molar refractivity (Wildman–Crippen MR) is 143 cm³/mol. The van der Waals surface area contributed by atoms with Crippen LogP contribution >= 0.6 is 0 Å². The van der Waals surface area contributed by atoms with E-state index in [0.717, 1.165) is 25.7 Å². The summed E-state index contributed by atoms with van der Waals surface area (Å²) < 4.78 is 2.67. The molecule has 3 aliphatic rings. The van der Waals surface area contributed by atoms with Gasteiger partial charge in [0.25, 0.3) is 11.5 Å². The van der Waals surface area contributed by atoms with Gasteiger partial charge in [-0.3, -0.25) is 19.0 Å². The zero-order valence-electron chi connectivity index (χ0n) is 22.6. The summed E-state index contributed by atoms with van der Waals surface area (Å²) in [5, 5.41) is 27.5.